The van der Waals surface area contributed by atoms with Crippen molar-refractivity contribution in [2.45, 2.75) is 42.2 Å². The normalized spacial score (nSPS) is 10.9. The molecule has 27 heavy (non-hydrogen) atoms. The van der Waals surface area contributed by atoms with E-state index in [1.165, 1.54) is 5.56 Å². The van der Waals surface area contributed by atoms with Gasteiger partial charge in [-0.1, -0.05) is 57.7 Å². The first kappa shape index (κ1) is 20.1. The minimum Gasteiger partial charge on any atom is -0.301 e. The molecule has 0 spiro atoms. The Morgan fingerprint density at radius 3 is 2.41 bits per heavy atom. The number of nitrogens with zero attached hydrogens (tertiary/aromatic N) is 5. The molecule has 3 rings (SSSR count). The van der Waals surface area contributed by atoms with E-state index in [0.717, 1.165) is 37.8 Å². The minimum atomic E-state index is 0.669. The number of aryl methyl sites for hydroxylation is 2. The molecular weight excluding hydrogens is 442 g/mol. The van der Waals surface area contributed by atoms with Crippen LogP contribution in [0.3, 0.4) is 0 Å². The second-order valence-electron chi connectivity index (χ2n) is 5.94. The minimum absolute atomic E-state index is 0.669. The van der Waals surface area contributed by atoms with E-state index in [9.17, 15) is 0 Å². The van der Waals surface area contributed by atoms with E-state index >= 15 is 0 Å². The number of hydrogen-bond acceptors (Lipinski definition) is 6. The Balaban J connectivity index is 1.70. The summed E-state index contributed by atoms with van der Waals surface area (Å²) in [5.74, 6) is 2.42. The highest BCUT2D eigenvalue weighted by Crippen LogP contribution is 2.26. The van der Waals surface area contributed by atoms with Crippen LogP contribution in [-0.2, 0) is 18.1 Å². The molecule has 8 heteroatoms. The number of aromatic nitrogens is 5. The zero-order valence-electron chi connectivity index (χ0n) is 15.2. The van der Waals surface area contributed by atoms with Gasteiger partial charge < -0.3 is 4.57 Å². The predicted molar refractivity (Wildman–Crippen MR) is 115 cm³/mol. The number of thioether (sulfide) groups is 2. The highest BCUT2D eigenvalue weighted by molar-refractivity contribution is 9.10. The van der Waals surface area contributed by atoms with Crippen LogP contribution < -0.4 is 0 Å². The molecule has 0 aliphatic rings. The quantitative estimate of drug-likeness (QED) is 0.260. The summed E-state index contributed by atoms with van der Waals surface area (Å²) < 4.78 is 3.19. The molecule has 0 saturated heterocycles. The van der Waals surface area contributed by atoms with E-state index < -0.39 is 0 Å². The Bertz CT molecular complexity index is 904. The molecule has 2 aromatic heterocycles. The Morgan fingerprint density at radius 1 is 1.04 bits per heavy atom. The Hall–Kier alpha value is -1.64. The van der Waals surface area contributed by atoms with Gasteiger partial charge in [-0.2, -0.15) is 0 Å². The van der Waals surface area contributed by atoms with Gasteiger partial charge >= 0.3 is 0 Å². The van der Waals surface area contributed by atoms with Gasteiger partial charge in [0.25, 0.3) is 0 Å². The second kappa shape index (κ2) is 9.52. The first-order valence-electron chi connectivity index (χ1n) is 8.40. The fourth-order valence-corrected chi connectivity index (χ4v) is 4.54. The van der Waals surface area contributed by atoms with E-state index in [2.05, 4.69) is 71.5 Å². The zero-order valence-corrected chi connectivity index (χ0v) is 18.4. The van der Waals surface area contributed by atoms with E-state index in [-0.39, 0.29) is 0 Å². The van der Waals surface area contributed by atoms with Crippen LogP contribution in [0.15, 0.2) is 57.8 Å². The van der Waals surface area contributed by atoms with E-state index in [4.69, 9.17) is 0 Å². The number of hydrogen-bond donors (Lipinski definition) is 0. The second-order valence-corrected chi connectivity index (χ2v) is 8.74. The van der Waals surface area contributed by atoms with Crippen molar-refractivity contribution in [2.75, 3.05) is 0 Å². The molecule has 0 amide bonds. The Morgan fingerprint density at radius 2 is 1.74 bits per heavy atom. The van der Waals surface area contributed by atoms with Gasteiger partial charge in [-0.05, 0) is 37.6 Å². The van der Waals surface area contributed by atoms with Gasteiger partial charge in [-0.15, -0.1) is 16.8 Å². The molecule has 3 aromatic rings. The van der Waals surface area contributed by atoms with Gasteiger partial charge in [-0.25, -0.2) is 9.97 Å². The van der Waals surface area contributed by atoms with Crippen LogP contribution in [-0.4, -0.2) is 24.7 Å². The lowest BCUT2D eigenvalue weighted by Crippen LogP contribution is -2.03. The molecule has 5 nitrogen and oxygen atoms in total. The highest BCUT2D eigenvalue weighted by Gasteiger charge is 2.13. The SMILES string of the molecule is C=CCn1c(CSc2nc(C)cc(C)n2)nnc1SCc1ccc(Br)cc1. The van der Waals surface area contributed by atoms with Crippen molar-refractivity contribution >= 4 is 39.5 Å². The van der Waals surface area contributed by atoms with Crippen molar-refractivity contribution in [3.05, 3.63) is 70.2 Å². The summed E-state index contributed by atoms with van der Waals surface area (Å²) in [7, 11) is 0. The summed E-state index contributed by atoms with van der Waals surface area (Å²) in [6, 6.07) is 10.3. The van der Waals surface area contributed by atoms with Crippen LogP contribution in [0.1, 0.15) is 22.8 Å². The molecule has 0 saturated carbocycles. The van der Waals surface area contributed by atoms with Crippen molar-refractivity contribution in [3.8, 4) is 0 Å². The average molecular weight is 462 g/mol. The third-order valence-electron chi connectivity index (χ3n) is 3.68. The maximum atomic E-state index is 4.48. The van der Waals surface area contributed by atoms with Crippen molar-refractivity contribution in [3.63, 3.8) is 0 Å². The predicted octanol–water partition coefficient (Wildman–Crippen LogP) is 5.22. The van der Waals surface area contributed by atoms with E-state index in [1.807, 2.05) is 26.0 Å². The van der Waals surface area contributed by atoms with Gasteiger partial charge in [-0.3, -0.25) is 0 Å². The van der Waals surface area contributed by atoms with Crippen molar-refractivity contribution < 1.29 is 0 Å². The molecular formula is C19H20BrN5S2. The number of halogens is 1. The number of rotatable bonds is 8. The van der Waals surface area contributed by atoms with Gasteiger partial charge in [0.15, 0.2) is 10.3 Å². The van der Waals surface area contributed by atoms with Crippen LogP contribution in [0.4, 0.5) is 0 Å². The molecule has 0 radical (unpaired) electrons. The molecule has 1 aromatic carbocycles. The van der Waals surface area contributed by atoms with Crippen LogP contribution in [0, 0.1) is 13.8 Å². The first-order valence-corrected chi connectivity index (χ1v) is 11.2. The molecule has 2 heterocycles. The largest absolute Gasteiger partial charge is 0.301 e. The number of benzene rings is 1. The standard InChI is InChI=1S/C19H20BrN5S2/c1-4-9-25-17(12-26-18-21-13(2)10-14(3)22-18)23-24-19(25)27-11-15-5-7-16(20)8-6-15/h4-8,10H,1,9,11-12H2,2-3H3. The fraction of sp³-hybridized carbons (Fsp3) is 0.263. The Labute approximate surface area is 176 Å². The molecule has 0 fully saturated rings. The van der Waals surface area contributed by atoms with Crippen molar-refractivity contribution in [1.29, 1.82) is 0 Å². The van der Waals surface area contributed by atoms with Crippen molar-refractivity contribution in [1.82, 2.24) is 24.7 Å². The van der Waals surface area contributed by atoms with Gasteiger partial charge in [0.05, 0.1) is 5.75 Å². The molecule has 0 aliphatic heterocycles. The molecule has 0 unspecified atom stereocenters. The van der Waals surface area contributed by atoms with Gasteiger partial charge in [0, 0.05) is 28.2 Å². The molecule has 0 N–H and O–H groups in total. The summed E-state index contributed by atoms with van der Waals surface area (Å²) in [6.45, 7) is 8.51. The molecule has 0 bridgehead atoms. The third kappa shape index (κ3) is 5.67. The number of allylic oxidation sites excluding steroid dienone is 1. The zero-order chi connectivity index (χ0) is 19.2. The smallest absolute Gasteiger partial charge is 0.191 e. The maximum Gasteiger partial charge on any atom is 0.191 e. The Kier molecular flexibility index (Phi) is 7.09. The van der Waals surface area contributed by atoms with E-state index in [1.54, 1.807) is 23.5 Å². The third-order valence-corrected chi connectivity index (χ3v) is 6.09. The topological polar surface area (TPSA) is 56.5 Å². The lowest BCUT2D eigenvalue weighted by atomic mass is 10.2. The monoisotopic (exact) mass is 461 g/mol. The maximum absolute atomic E-state index is 4.48. The van der Waals surface area contributed by atoms with Crippen molar-refractivity contribution in [2.24, 2.45) is 0 Å². The van der Waals surface area contributed by atoms with Crippen LogP contribution in [0.25, 0.3) is 0 Å². The van der Waals surface area contributed by atoms with Gasteiger partial charge in [0.2, 0.25) is 0 Å². The van der Waals surface area contributed by atoms with Gasteiger partial charge in [0.1, 0.15) is 5.82 Å². The lowest BCUT2D eigenvalue weighted by Gasteiger charge is -2.08. The average Bonchev–Trinajstić information content (AvgIpc) is 3.01. The summed E-state index contributed by atoms with van der Waals surface area (Å²) in [5.41, 5.74) is 3.20. The van der Waals surface area contributed by atoms with Crippen LogP contribution in [0.5, 0.6) is 0 Å². The molecule has 0 atom stereocenters. The summed E-state index contributed by atoms with van der Waals surface area (Å²) in [6.07, 6.45) is 1.87. The fourth-order valence-electron chi connectivity index (χ4n) is 2.46. The first-order chi connectivity index (χ1) is 13.0. The highest BCUT2D eigenvalue weighted by atomic mass is 79.9. The lowest BCUT2D eigenvalue weighted by molar-refractivity contribution is 0.700. The molecule has 140 valence electrons. The van der Waals surface area contributed by atoms with E-state index in [0.29, 0.717) is 12.3 Å². The summed E-state index contributed by atoms with van der Waals surface area (Å²) >= 11 is 6.72. The van der Waals surface area contributed by atoms with Crippen LogP contribution >= 0.6 is 39.5 Å². The summed E-state index contributed by atoms with van der Waals surface area (Å²) in [5, 5.41) is 10.4. The molecule has 0 aliphatic carbocycles. The van der Waals surface area contributed by atoms with Crippen LogP contribution in [0.2, 0.25) is 0 Å². The summed E-state index contributed by atoms with van der Waals surface area (Å²) in [4.78, 5) is 8.96.